The van der Waals surface area contributed by atoms with Crippen LogP contribution in [0.15, 0.2) is 28.2 Å². The molecule has 0 saturated carbocycles. The Kier molecular flexibility index (Phi) is 4.67. The predicted octanol–water partition coefficient (Wildman–Crippen LogP) is 0.479. The second kappa shape index (κ2) is 5.00. The van der Waals surface area contributed by atoms with Crippen LogP contribution in [0.3, 0.4) is 0 Å². The number of hydrogen-bond donors (Lipinski definition) is 0. The number of aliphatic imine (C=N–C) groups is 1. The molecular weight excluding hydrogens is 132 g/mol. The second-order valence-electron chi connectivity index (χ2n) is 3.11. The summed E-state index contributed by atoms with van der Waals surface area (Å²) in [5, 5.41) is 0. The summed E-state index contributed by atoms with van der Waals surface area (Å²) >= 11 is 0. The van der Waals surface area contributed by atoms with Gasteiger partial charge < -0.3 is 0 Å². The van der Waals surface area contributed by atoms with E-state index in [0.717, 1.165) is 11.3 Å². The van der Waals surface area contributed by atoms with Gasteiger partial charge in [0.2, 0.25) is 0 Å². The maximum absolute atomic E-state index is 4.28. The molecule has 0 aliphatic rings. The molecule has 58 valence electrons. The van der Waals surface area contributed by atoms with Gasteiger partial charge in [0.25, 0.3) is 0 Å². The van der Waals surface area contributed by atoms with Crippen molar-refractivity contribution in [1.29, 1.82) is 0 Å². The monoisotopic (exact) mass is 147 g/mol. The van der Waals surface area contributed by atoms with Crippen LogP contribution in [-0.4, -0.2) is 21.4 Å². The molecule has 0 aromatic heterocycles. The van der Waals surface area contributed by atoms with Crippen LogP contribution in [-0.2, 0) is 0 Å². The summed E-state index contributed by atoms with van der Waals surface area (Å²) < 4.78 is 0. The number of hydrogen-bond acceptors (Lipinski definition) is 1. The van der Waals surface area contributed by atoms with Crippen LogP contribution < -0.4 is 0 Å². The van der Waals surface area contributed by atoms with Gasteiger partial charge in [-0.05, 0) is 19.4 Å². The highest BCUT2D eigenvalue weighted by Crippen LogP contribution is 1.93. The maximum atomic E-state index is 4.28. The molecule has 0 N–H and O–H groups in total. The third kappa shape index (κ3) is 7.17. The van der Waals surface area contributed by atoms with Crippen molar-refractivity contribution in [2.75, 3.05) is 0 Å². The normalized spacial score (nSPS) is 13.0. The highest BCUT2D eigenvalue weighted by atomic mass is 14.7. The van der Waals surface area contributed by atoms with Crippen molar-refractivity contribution in [1.82, 2.24) is 0 Å². The summed E-state index contributed by atoms with van der Waals surface area (Å²) in [7, 11) is 4.08. The van der Waals surface area contributed by atoms with Crippen LogP contribution in [0.4, 0.5) is 0 Å². The maximum Gasteiger partial charge on any atom is 0.163 e. The zero-order chi connectivity index (χ0) is 8.85. The summed E-state index contributed by atoms with van der Waals surface area (Å²) in [5.74, 6) is 0. The van der Waals surface area contributed by atoms with Crippen molar-refractivity contribution in [3.8, 4) is 0 Å². The minimum absolute atomic E-state index is 1.06. The summed E-state index contributed by atoms with van der Waals surface area (Å²) in [6, 6.07) is 0. The Morgan fingerprint density at radius 3 is 2.00 bits per heavy atom. The summed E-state index contributed by atoms with van der Waals surface area (Å²) in [5.41, 5.74) is 3.46. The van der Waals surface area contributed by atoms with Crippen molar-refractivity contribution >= 4 is 21.4 Å². The molecular formula is C8H15B2N. The second-order valence-corrected chi connectivity index (χ2v) is 3.11. The first-order chi connectivity index (χ1) is 5.02. The van der Waals surface area contributed by atoms with Crippen LogP contribution in [0.1, 0.15) is 20.8 Å². The van der Waals surface area contributed by atoms with Gasteiger partial charge in [-0.15, -0.1) is 5.47 Å². The Morgan fingerprint density at radius 1 is 1.09 bits per heavy atom. The molecule has 0 aromatic rings. The number of rotatable bonds is 2. The molecule has 1 nitrogen and oxygen atoms in total. The number of allylic oxidation sites excluding steroid dienone is 3. The van der Waals surface area contributed by atoms with Crippen molar-refractivity contribution < 1.29 is 0 Å². The van der Waals surface area contributed by atoms with E-state index in [2.05, 4.69) is 25.8 Å². The molecule has 0 atom stereocenters. The zero-order valence-corrected chi connectivity index (χ0v) is 8.10. The lowest BCUT2D eigenvalue weighted by Gasteiger charge is -1.91. The van der Waals surface area contributed by atoms with Gasteiger partial charge in [0.05, 0.1) is 0 Å². The van der Waals surface area contributed by atoms with Crippen molar-refractivity contribution in [3.05, 3.63) is 23.2 Å². The van der Waals surface area contributed by atoms with Gasteiger partial charge in [-0.25, -0.2) is 0 Å². The van der Waals surface area contributed by atoms with Gasteiger partial charge in [0, 0.05) is 5.71 Å². The van der Waals surface area contributed by atoms with Crippen LogP contribution >= 0.6 is 0 Å². The lowest BCUT2D eigenvalue weighted by molar-refractivity contribution is 1.45. The van der Waals surface area contributed by atoms with E-state index in [1.807, 2.05) is 27.8 Å². The van der Waals surface area contributed by atoms with Crippen molar-refractivity contribution in [2.24, 2.45) is 4.99 Å². The Hall–Kier alpha value is -0.720. The van der Waals surface area contributed by atoms with Gasteiger partial charge in [-0.1, -0.05) is 19.1 Å². The van der Waals surface area contributed by atoms with Crippen molar-refractivity contribution in [2.45, 2.75) is 20.8 Å². The molecule has 0 bridgehead atoms. The quantitative estimate of drug-likeness (QED) is 0.306. The first-order valence-corrected chi connectivity index (χ1v) is 3.86. The summed E-state index contributed by atoms with van der Waals surface area (Å²) in [6.45, 7) is 6.08. The molecule has 0 heterocycles. The van der Waals surface area contributed by atoms with E-state index < -0.39 is 0 Å². The zero-order valence-electron chi connectivity index (χ0n) is 8.10. The fourth-order valence-electron chi connectivity index (χ4n) is 0.677. The summed E-state index contributed by atoms with van der Waals surface area (Å²) in [6.07, 6.45) is 4.10. The molecule has 0 aliphatic carbocycles. The summed E-state index contributed by atoms with van der Waals surface area (Å²) in [4.78, 5) is 4.28. The SMILES string of the molecule is B/C(C)=C/C=C(/B)N=C(C)C. The van der Waals surface area contributed by atoms with Crippen LogP contribution in [0.5, 0.6) is 0 Å². The third-order valence-corrected chi connectivity index (χ3v) is 1.06. The van der Waals surface area contributed by atoms with Gasteiger partial charge in [0.15, 0.2) is 7.85 Å². The highest BCUT2D eigenvalue weighted by Gasteiger charge is 1.81. The number of nitrogens with zero attached hydrogens (tertiary/aromatic N) is 1. The minimum atomic E-state index is 1.06. The third-order valence-electron chi connectivity index (χ3n) is 1.06. The van der Waals surface area contributed by atoms with Crippen molar-refractivity contribution in [3.63, 3.8) is 0 Å². The molecule has 0 spiro atoms. The average molecular weight is 147 g/mol. The molecule has 3 heteroatoms. The average Bonchev–Trinajstić information content (AvgIpc) is 1.82. The van der Waals surface area contributed by atoms with E-state index in [0.29, 0.717) is 0 Å². The van der Waals surface area contributed by atoms with E-state index in [-0.39, 0.29) is 0 Å². The van der Waals surface area contributed by atoms with E-state index in [1.54, 1.807) is 0 Å². The Morgan fingerprint density at radius 2 is 1.64 bits per heavy atom. The molecule has 0 amide bonds. The molecule has 0 radical (unpaired) electrons. The van der Waals surface area contributed by atoms with Gasteiger partial charge in [-0.2, -0.15) is 0 Å². The smallest absolute Gasteiger partial charge is 0.163 e. The molecule has 0 aromatic carbocycles. The van der Waals surface area contributed by atoms with E-state index in [9.17, 15) is 0 Å². The highest BCUT2D eigenvalue weighted by molar-refractivity contribution is 6.23. The molecule has 0 saturated heterocycles. The fraction of sp³-hybridized carbons (Fsp3) is 0.375. The lowest BCUT2D eigenvalue weighted by atomic mass is 9.96. The predicted molar refractivity (Wildman–Crippen MR) is 57.7 cm³/mol. The van der Waals surface area contributed by atoms with Gasteiger partial charge in [0.1, 0.15) is 7.85 Å². The minimum Gasteiger partial charge on any atom is -0.274 e. The van der Waals surface area contributed by atoms with E-state index in [1.165, 1.54) is 5.47 Å². The Bertz CT molecular complexity index is 206. The Labute approximate surface area is 71.1 Å². The first kappa shape index (κ1) is 10.3. The molecule has 0 unspecified atom stereocenters. The fourth-order valence-corrected chi connectivity index (χ4v) is 0.677. The van der Waals surface area contributed by atoms with Crippen LogP contribution in [0, 0.1) is 0 Å². The van der Waals surface area contributed by atoms with E-state index >= 15 is 0 Å². The van der Waals surface area contributed by atoms with Crippen LogP contribution in [0.2, 0.25) is 0 Å². The lowest BCUT2D eigenvalue weighted by Crippen LogP contribution is -1.83. The topological polar surface area (TPSA) is 12.4 Å². The van der Waals surface area contributed by atoms with Crippen LogP contribution in [0.25, 0.3) is 0 Å². The molecule has 0 aliphatic heterocycles. The Balaban J connectivity index is 4.25. The van der Waals surface area contributed by atoms with Gasteiger partial charge in [-0.3, -0.25) is 4.99 Å². The molecule has 0 rings (SSSR count). The molecule has 11 heavy (non-hydrogen) atoms. The largest absolute Gasteiger partial charge is 0.274 e. The standard InChI is InChI=1S/C8H15B2N/c1-6(2)11-8(10)5-4-7(3)9/h4-5H,9-10H2,1-3H3/b7-4+,8-5-. The van der Waals surface area contributed by atoms with E-state index in [4.69, 9.17) is 0 Å². The van der Waals surface area contributed by atoms with Gasteiger partial charge >= 0.3 is 0 Å². The first-order valence-electron chi connectivity index (χ1n) is 3.86. The molecule has 0 fully saturated rings.